The summed E-state index contributed by atoms with van der Waals surface area (Å²) >= 11 is 0. The molecule has 2 heterocycles. The molecule has 18 heavy (non-hydrogen) atoms. The van der Waals surface area contributed by atoms with E-state index in [9.17, 15) is 8.42 Å². The van der Waals surface area contributed by atoms with E-state index in [0.717, 1.165) is 13.0 Å². The summed E-state index contributed by atoms with van der Waals surface area (Å²) in [6, 6.07) is 0. The molecule has 2 N–H and O–H groups in total. The number of aromatic nitrogens is 3. The van der Waals surface area contributed by atoms with Crippen LogP contribution in [0.1, 0.15) is 24.2 Å². The highest BCUT2D eigenvalue weighted by Crippen LogP contribution is 2.14. The zero-order valence-corrected chi connectivity index (χ0v) is 11.3. The lowest BCUT2D eigenvalue weighted by Gasteiger charge is -2.22. The number of anilines is 1. The van der Waals surface area contributed by atoms with Gasteiger partial charge in [-0.05, 0) is 33.2 Å². The zero-order chi connectivity index (χ0) is 13.2. The molecular weight excluding hydrogens is 254 g/mol. The van der Waals surface area contributed by atoms with Gasteiger partial charge < -0.3 is 5.32 Å². The molecule has 1 atom stereocenters. The van der Waals surface area contributed by atoms with Crippen molar-refractivity contribution in [3.63, 3.8) is 0 Å². The highest BCUT2D eigenvalue weighted by Gasteiger charge is 2.28. The molecule has 1 saturated heterocycles. The van der Waals surface area contributed by atoms with Gasteiger partial charge in [0.1, 0.15) is 0 Å². The number of sulfonamides is 1. The predicted octanol–water partition coefficient (Wildman–Crippen LogP) is -0.0179. The second-order valence-electron chi connectivity index (χ2n) is 4.42. The van der Waals surface area contributed by atoms with Crippen molar-refractivity contribution in [3.8, 4) is 0 Å². The summed E-state index contributed by atoms with van der Waals surface area (Å²) in [5.41, 5.74) is 1.36. The third-order valence-corrected chi connectivity index (χ3v) is 4.76. The second-order valence-corrected chi connectivity index (χ2v) is 6.38. The van der Waals surface area contributed by atoms with Crippen LogP contribution in [0.4, 0.5) is 5.95 Å². The Kier molecular flexibility index (Phi) is 3.76. The van der Waals surface area contributed by atoms with Crippen molar-refractivity contribution in [3.05, 3.63) is 11.4 Å². The van der Waals surface area contributed by atoms with Crippen molar-refractivity contribution in [1.29, 1.82) is 0 Å². The topological polar surface area (TPSA) is 96.9 Å². The molecule has 2 rings (SSSR count). The Morgan fingerprint density at radius 3 is 2.67 bits per heavy atom. The van der Waals surface area contributed by atoms with Crippen molar-refractivity contribution >= 4 is 16.0 Å². The van der Waals surface area contributed by atoms with Crippen LogP contribution in [-0.4, -0.2) is 41.9 Å². The highest BCUT2D eigenvalue weighted by atomic mass is 32.2. The molecule has 0 aromatic carbocycles. The second kappa shape index (κ2) is 5.15. The zero-order valence-electron chi connectivity index (χ0n) is 10.5. The number of nitrogens with one attached hydrogen (secondary N) is 2. The van der Waals surface area contributed by atoms with Gasteiger partial charge in [0.2, 0.25) is 10.0 Å². The molecule has 100 valence electrons. The van der Waals surface area contributed by atoms with E-state index < -0.39 is 15.3 Å². The summed E-state index contributed by atoms with van der Waals surface area (Å²) in [4.78, 5) is 4.07. The molecule has 7 nitrogen and oxygen atoms in total. The molecule has 0 aliphatic carbocycles. The minimum atomic E-state index is -3.44. The first-order chi connectivity index (χ1) is 8.49. The molecule has 1 aliphatic rings. The number of hydrogen-bond donors (Lipinski definition) is 2. The number of hydrogen-bond acceptors (Lipinski definition) is 6. The first kappa shape index (κ1) is 13.2. The third-order valence-electron chi connectivity index (χ3n) is 3.02. The van der Waals surface area contributed by atoms with Gasteiger partial charge in [-0.3, -0.25) is 0 Å². The van der Waals surface area contributed by atoms with Gasteiger partial charge in [-0.25, -0.2) is 18.1 Å². The van der Waals surface area contributed by atoms with E-state index in [4.69, 9.17) is 0 Å². The van der Waals surface area contributed by atoms with E-state index in [1.165, 1.54) is 0 Å². The normalized spacial score (nSPS) is 20.7. The van der Waals surface area contributed by atoms with Crippen molar-refractivity contribution in [1.82, 2.24) is 20.5 Å². The van der Waals surface area contributed by atoms with Gasteiger partial charge >= 0.3 is 0 Å². The average Bonchev–Trinajstić information content (AvgIpc) is 2.35. The van der Waals surface area contributed by atoms with Crippen LogP contribution in [0.3, 0.4) is 0 Å². The predicted molar refractivity (Wildman–Crippen MR) is 67.7 cm³/mol. The Morgan fingerprint density at radius 1 is 1.28 bits per heavy atom. The van der Waals surface area contributed by atoms with Crippen LogP contribution in [0, 0.1) is 13.8 Å². The Balaban J connectivity index is 2.13. The number of nitrogens with zero attached hydrogens (tertiary/aromatic N) is 3. The van der Waals surface area contributed by atoms with Crippen molar-refractivity contribution in [2.45, 2.75) is 31.9 Å². The van der Waals surface area contributed by atoms with Gasteiger partial charge in [0.25, 0.3) is 5.95 Å². The molecule has 0 amide bonds. The molecule has 0 spiro atoms. The molecular formula is C10H17N5O2S. The first-order valence-corrected chi connectivity index (χ1v) is 7.44. The fourth-order valence-corrected chi connectivity index (χ4v) is 3.12. The molecule has 8 heteroatoms. The summed E-state index contributed by atoms with van der Waals surface area (Å²) in [5, 5.41) is 10.2. The fraction of sp³-hybridized carbons (Fsp3) is 0.700. The first-order valence-electron chi connectivity index (χ1n) is 5.89. The molecule has 0 radical (unpaired) electrons. The van der Waals surface area contributed by atoms with Gasteiger partial charge in [-0.15, -0.1) is 5.10 Å². The van der Waals surface area contributed by atoms with E-state index in [-0.39, 0.29) is 5.95 Å². The summed E-state index contributed by atoms with van der Waals surface area (Å²) in [5.74, 6) is 0.0451. The summed E-state index contributed by atoms with van der Waals surface area (Å²) in [7, 11) is -3.44. The quantitative estimate of drug-likeness (QED) is 0.802. The fourth-order valence-electron chi connectivity index (χ4n) is 1.80. The van der Waals surface area contributed by atoms with Crippen molar-refractivity contribution < 1.29 is 8.42 Å². The van der Waals surface area contributed by atoms with E-state index in [1.54, 1.807) is 13.8 Å². The van der Waals surface area contributed by atoms with Crippen LogP contribution in [0.2, 0.25) is 0 Å². The van der Waals surface area contributed by atoms with Crippen LogP contribution in [0.15, 0.2) is 0 Å². The lowest BCUT2D eigenvalue weighted by atomic mass is 10.2. The van der Waals surface area contributed by atoms with Crippen LogP contribution < -0.4 is 10.0 Å². The van der Waals surface area contributed by atoms with Crippen LogP contribution >= 0.6 is 0 Å². The minimum absolute atomic E-state index is 0.0451. The summed E-state index contributed by atoms with van der Waals surface area (Å²) < 4.78 is 26.6. The Bertz CT molecular complexity index is 525. The molecule has 1 fully saturated rings. The monoisotopic (exact) mass is 271 g/mol. The van der Waals surface area contributed by atoms with Gasteiger partial charge in [0.05, 0.1) is 16.6 Å². The largest absolute Gasteiger partial charge is 0.315 e. The number of rotatable bonds is 3. The molecule has 1 unspecified atom stereocenters. The third kappa shape index (κ3) is 2.94. The van der Waals surface area contributed by atoms with Crippen LogP contribution in [-0.2, 0) is 10.0 Å². The Labute approximate surface area is 106 Å². The maximum Gasteiger partial charge on any atom is 0.256 e. The van der Waals surface area contributed by atoms with Gasteiger partial charge in [0, 0.05) is 6.54 Å². The summed E-state index contributed by atoms with van der Waals surface area (Å²) in [6.45, 7) is 4.88. The van der Waals surface area contributed by atoms with E-state index in [0.29, 0.717) is 24.4 Å². The van der Waals surface area contributed by atoms with Crippen molar-refractivity contribution in [2.75, 3.05) is 17.8 Å². The van der Waals surface area contributed by atoms with E-state index >= 15 is 0 Å². The van der Waals surface area contributed by atoms with Gasteiger partial charge in [-0.2, -0.15) is 5.10 Å². The molecule has 1 aromatic heterocycles. The number of piperidine rings is 1. The van der Waals surface area contributed by atoms with Gasteiger partial charge in [0.15, 0.2) is 0 Å². The highest BCUT2D eigenvalue weighted by molar-refractivity contribution is 7.93. The standard InChI is InChI=1S/C10H17N5O2S/c1-7-8(2)13-14-10(12-7)15-18(16,17)9-4-3-5-11-6-9/h9,11H,3-6H2,1-2H3,(H,12,14,15). The lowest BCUT2D eigenvalue weighted by Crippen LogP contribution is -2.41. The Morgan fingerprint density at radius 2 is 2.06 bits per heavy atom. The van der Waals surface area contributed by atoms with Crippen LogP contribution in [0.5, 0.6) is 0 Å². The van der Waals surface area contributed by atoms with E-state index in [2.05, 4.69) is 25.2 Å². The van der Waals surface area contributed by atoms with Crippen molar-refractivity contribution in [2.24, 2.45) is 0 Å². The average molecular weight is 271 g/mol. The van der Waals surface area contributed by atoms with E-state index in [1.807, 2.05) is 0 Å². The van der Waals surface area contributed by atoms with Gasteiger partial charge in [-0.1, -0.05) is 0 Å². The lowest BCUT2D eigenvalue weighted by molar-refractivity contribution is 0.499. The summed E-state index contributed by atoms with van der Waals surface area (Å²) in [6.07, 6.45) is 1.51. The maximum absolute atomic E-state index is 12.1. The smallest absolute Gasteiger partial charge is 0.256 e. The maximum atomic E-state index is 12.1. The molecule has 1 aromatic rings. The van der Waals surface area contributed by atoms with Crippen LogP contribution in [0.25, 0.3) is 0 Å². The minimum Gasteiger partial charge on any atom is -0.315 e. The number of aryl methyl sites for hydroxylation is 2. The SMILES string of the molecule is Cc1nnc(NS(=O)(=O)C2CCCNC2)nc1C. The molecule has 0 saturated carbocycles. The Hall–Kier alpha value is -1.28. The molecule has 0 bridgehead atoms. The molecule has 1 aliphatic heterocycles.